The van der Waals surface area contributed by atoms with E-state index >= 15 is 0 Å². The summed E-state index contributed by atoms with van der Waals surface area (Å²) in [6.45, 7) is 5.56. The van der Waals surface area contributed by atoms with Gasteiger partial charge in [0.25, 0.3) is 0 Å². The number of hydrogen-bond donors (Lipinski definition) is 2. The number of nitrogens with one attached hydrogen (secondary N) is 2. The maximum atomic E-state index is 13.6. The fraction of sp³-hybridized carbons (Fsp3) is 0.577. The van der Waals surface area contributed by atoms with Gasteiger partial charge in [-0.05, 0) is 42.2 Å². The molecule has 0 bridgehead atoms. The summed E-state index contributed by atoms with van der Waals surface area (Å²) in [5, 5.41) is 15.2. The lowest BCUT2D eigenvalue weighted by Crippen LogP contribution is -2.53. The highest BCUT2D eigenvalue weighted by atomic mass is 16.2. The van der Waals surface area contributed by atoms with Crippen LogP contribution < -0.4 is 15.5 Å². The van der Waals surface area contributed by atoms with Gasteiger partial charge >= 0.3 is 0 Å². The molecule has 35 heavy (non-hydrogen) atoms. The Balaban J connectivity index is 1.29. The van der Waals surface area contributed by atoms with Crippen LogP contribution in [0.4, 0.5) is 5.69 Å². The Morgan fingerprint density at radius 2 is 1.97 bits per heavy atom. The standard InChI is InChI=1S/C26H31N5O4/c1-26(2)19-14-31(25(35)16-11-20(32)30(13-16)18-6-4-3-5-7-18)22(21(19)26)24(34)29-17(12-27)10-15-8-9-28-23(15)33/h3-7,15-17,19,21-22H,8-11,13-14H2,1-2H3,(H,28,33)(H,29,34)/t15-,16+,17-,19-,21-,22-/m0/s1. The van der Waals surface area contributed by atoms with Gasteiger partial charge in [0.15, 0.2) is 0 Å². The molecule has 3 aliphatic heterocycles. The van der Waals surface area contributed by atoms with Gasteiger partial charge in [-0.3, -0.25) is 19.2 Å². The summed E-state index contributed by atoms with van der Waals surface area (Å²) >= 11 is 0. The zero-order valence-corrected chi connectivity index (χ0v) is 20.1. The molecule has 0 unspecified atom stereocenters. The van der Waals surface area contributed by atoms with Crippen molar-refractivity contribution in [2.75, 3.05) is 24.5 Å². The highest BCUT2D eigenvalue weighted by molar-refractivity contribution is 6.01. The molecular weight excluding hydrogens is 446 g/mol. The van der Waals surface area contributed by atoms with Crippen molar-refractivity contribution in [3.8, 4) is 6.07 Å². The number of nitrogens with zero attached hydrogens (tertiary/aromatic N) is 3. The second-order valence-corrected chi connectivity index (χ2v) is 10.8. The van der Waals surface area contributed by atoms with Crippen molar-refractivity contribution in [3.05, 3.63) is 30.3 Å². The number of piperidine rings is 1. The molecule has 1 aliphatic carbocycles. The van der Waals surface area contributed by atoms with Crippen molar-refractivity contribution in [2.45, 2.75) is 45.2 Å². The molecule has 4 amide bonds. The van der Waals surface area contributed by atoms with E-state index in [4.69, 9.17) is 0 Å². The van der Waals surface area contributed by atoms with Crippen LogP contribution in [0.5, 0.6) is 0 Å². The molecule has 6 atom stereocenters. The zero-order chi connectivity index (χ0) is 24.9. The van der Waals surface area contributed by atoms with Crippen LogP contribution in [0.25, 0.3) is 0 Å². The first-order valence-electron chi connectivity index (χ1n) is 12.4. The number of likely N-dealkylation sites (tertiary alicyclic amines) is 1. The number of carbonyl (C=O) groups excluding carboxylic acids is 4. The van der Waals surface area contributed by atoms with Crippen molar-refractivity contribution in [1.82, 2.24) is 15.5 Å². The molecule has 9 nitrogen and oxygen atoms in total. The number of amides is 4. The van der Waals surface area contributed by atoms with Gasteiger partial charge in [-0.2, -0.15) is 5.26 Å². The van der Waals surface area contributed by atoms with E-state index < -0.39 is 18.0 Å². The van der Waals surface area contributed by atoms with Crippen LogP contribution in [0.2, 0.25) is 0 Å². The fourth-order valence-corrected chi connectivity index (χ4v) is 6.33. The van der Waals surface area contributed by atoms with E-state index in [2.05, 4.69) is 30.6 Å². The summed E-state index contributed by atoms with van der Waals surface area (Å²) < 4.78 is 0. The maximum absolute atomic E-state index is 13.6. The smallest absolute Gasteiger partial charge is 0.244 e. The lowest BCUT2D eigenvalue weighted by molar-refractivity contribution is -0.143. The molecule has 4 aliphatic rings. The Kier molecular flexibility index (Phi) is 5.78. The van der Waals surface area contributed by atoms with Crippen LogP contribution in [0, 0.1) is 40.4 Å². The van der Waals surface area contributed by atoms with E-state index in [0.717, 1.165) is 5.69 Å². The molecular formula is C26H31N5O4. The van der Waals surface area contributed by atoms with Gasteiger partial charge < -0.3 is 20.4 Å². The highest BCUT2D eigenvalue weighted by Crippen LogP contribution is 2.65. The lowest BCUT2D eigenvalue weighted by Gasteiger charge is -2.32. The number of rotatable bonds is 6. The molecule has 4 fully saturated rings. The molecule has 0 radical (unpaired) electrons. The van der Waals surface area contributed by atoms with E-state index in [1.165, 1.54) is 0 Å². The van der Waals surface area contributed by atoms with Crippen LogP contribution >= 0.6 is 0 Å². The maximum Gasteiger partial charge on any atom is 0.244 e. The van der Waals surface area contributed by atoms with E-state index in [9.17, 15) is 24.4 Å². The Labute approximate surface area is 204 Å². The quantitative estimate of drug-likeness (QED) is 0.634. The normalized spacial score (nSPS) is 31.5. The minimum atomic E-state index is -0.796. The second-order valence-electron chi connectivity index (χ2n) is 10.8. The van der Waals surface area contributed by atoms with Gasteiger partial charge in [-0.15, -0.1) is 0 Å². The van der Waals surface area contributed by atoms with Crippen molar-refractivity contribution >= 4 is 29.3 Å². The van der Waals surface area contributed by atoms with E-state index in [1.54, 1.807) is 9.80 Å². The van der Waals surface area contributed by atoms with Gasteiger partial charge in [-0.25, -0.2) is 0 Å². The Hall–Kier alpha value is -3.41. The zero-order valence-electron chi connectivity index (χ0n) is 20.1. The van der Waals surface area contributed by atoms with Crippen LogP contribution in [0.1, 0.15) is 33.1 Å². The third-order valence-electron chi connectivity index (χ3n) is 8.46. The third-order valence-corrected chi connectivity index (χ3v) is 8.46. The Morgan fingerprint density at radius 3 is 2.63 bits per heavy atom. The van der Waals surface area contributed by atoms with Crippen LogP contribution in [0.15, 0.2) is 30.3 Å². The number of nitriles is 1. The molecule has 9 heteroatoms. The van der Waals surface area contributed by atoms with Crippen molar-refractivity contribution < 1.29 is 19.2 Å². The Morgan fingerprint density at radius 1 is 1.23 bits per heavy atom. The summed E-state index contributed by atoms with van der Waals surface area (Å²) in [7, 11) is 0. The van der Waals surface area contributed by atoms with E-state index in [0.29, 0.717) is 26.1 Å². The minimum absolute atomic E-state index is 0.0166. The van der Waals surface area contributed by atoms with Crippen molar-refractivity contribution in [2.24, 2.45) is 29.1 Å². The first kappa shape index (κ1) is 23.3. The number of hydrogen-bond acceptors (Lipinski definition) is 5. The molecule has 1 saturated carbocycles. The van der Waals surface area contributed by atoms with Gasteiger partial charge in [0.1, 0.15) is 12.1 Å². The molecule has 0 aromatic heterocycles. The number of para-hydroxylation sites is 1. The molecule has 1 aromatic rings. The van der Waals surface area contributed by atoms with Gasteiger partial charge in [0.2, 0.25) is 23.6 Å². The average Bonchev–Trinajstić information content (AvgIpc) is 3.33. The fourth-order valence-electron chi connectivity index (χ4n) is 6.33. The summed E-state index contributed by atoms with van der Waals surface area (Å²) in [4.78, 5) is 54.9. The first-order valence-corrected chi connectivity index (χ1v) is 12.4. The summed E-state index contributed by atoms with van der Waals surface area (Å²) in [6.07, 6.45) is 1.02. The number of carbonyl (C=O) groups is 4. The molecule has 5 rings (SSSR count). The topological polar surface area (TPSA) is 123 Å². The summed E-state index contributed by atoms with van der Waals surface area (Å²) in [5.74, 6) is -1.27. The number of anilines is 1. The SMILES string of the molecule is CC1(C)[C@@H]2[C@@H](C(=O)N[C@H](C#N)C[C@@H]3CCNC3=O)N(C(=O)[C@@H]3CC(=O)N(c4ccccc4)C3)C[C@@H]21. The molecule has 0 spiro atoms. The van der Waals surface area contributed by atoms with Crippen LogP contribution in [-0.2, 0) is 19.2 Å². The molecule has 3 saturated heterocycles. The molecule has 184 valence electrons. The molecule has 1 aromatic carbocycles. The first-order chi connectivity index (χ1) is 16.7. The van der Waals surface area contributed by atoms with Gasteiger partial charge in [0.05, 0.1) is 12.0 Å². The van der Waals surface area contributed by atoms with Gasteiger partial charge in [0, 0.05) is 37.7 Å². The summed E-state index contributed by atoms with van der Waals surface area (Å²) in [6, 6.07) is 9.94. The van der Waals surface area contributed by atoms with Crippen molar-refractivity contribution in [3.63, 3.8) is 0 Å². The van der Waals surface area contributed by atoms with E-state index in [-0.39, 0.29) is 59.6 Å². The highest BCUT2D eigenvalue weighted by Gasteiger charge is 2.69. The number of fused-ring (bicyclic) bond motifs is 1. The molecule has 2 N–H and O–H groups in total. The summed E-state index contributed by atoms with van der Waals surface area (Å²) in [5.41, 5.74) is 0.703. The average molecular weight is 478 g/mol. The largest absolute Gasteiger partial charge is 0.356 e. The Bertz CT molecular complexity index is 1100. The van der Waals surface area contributed by atoms with Gasteiger partial charge in [-0.1, -0.05) is 32.0 Å². The monoisotopic (exact) mass is 477 g/mol. The minimum Gasteiger partial charge on any atom is -0.356 e. The lowest BCUT2D eigenvalue weighted by atomic mass is 9.96. The van der Waals surface area contributed by atoms with Crippen molar-refractivity contribution in [1.29, 1.82) is 5.26 Å². The number of benzene rings is 1. The predicted molar refractivity (Wildman–Crippen MR) is 126 cm³/mol. The molecule has 3 heterocycles. The third kappa shape index (κ3) is 4.05. The van der Waals surface area contributed by atoms with Crippen LogP contribution in [0.3, 0.4) is 0 Å². The second kappa shape index (κ2) is 8.67. The van der Waals surface area contributed by atoms with E-state index in [1.807, 2.05) is 30.3 Å². The predicted octanol–water partition coefficient (Wildman–Crippen LogP) is 1.06. The van der Waals surface area contributed by atoms with Crippen LogP contribution in [-0.4, -0.2) is 60.2 Å².